The SMILES string of the molecule is COCCn1cnc2c1c(=O)n(CC(=O)N(C)Cc1ccccc1)c(=O)n2Cc1ccccc1. The van der Waals surface area contributed by atoms with Gasteiger partial charge in [-0.25, -0.2) is 14.3 Å². The minimum atomic E-state index is -0.570. The third kappa shape index (κ3) is 4.84. The van der Waals surface area contributed by atoms with E-state index in [0.29, 0.717) is 19.7 Å². The number of amides is 1. The molecule has 2 heterocycles. The molecule has 0 fully saturated rings. The molecule has 0 aliphatic rings. The number of carbonyl (C=O) groups excluding carboxylic acids is 1. The predicted octanol–water partition coefficient (Wildman–Crippen LogP) is 1.71. The molecule has 1 amide bonds. The molecule has 2 aromatic carbocycles. The molecule has 0 radical (unpaired) electrons. The van der Waals surface area contributed by atoms with Gasteiger partial charge in [-0.1, -0.05) is 60.7 Å². The van der Waals surface area contributed by atoms with Crippen LogP contribution in [0, 0.1) is 0 Å². The van der Waals surface area contributed by atoms with Crippen molar-refractivity contribution in [3.8, 4) is 0 Å². The zero-order valence-electron chi connectivity index (χ0n) is 19.3. The van der Waals surface area contributed by atoms with Gasteiger partial charge in [0.15, 0.2) is 11.2 Å². The van der Waals surface area contributed by atoms with Crippen molar-refractivity contribution in [2.75, 3.05) is 20.8 Å². The molecular formula is C25H27N5O4. The van der Waals surface area contributed by atoms with Gasteiger partial charge in [-0.05, 0) is 11.1 Å². The molecule has 4 aromatic rings. The van der Waals surface area contributed by atoms with Crippen LogP contribution in [0.3, 0.4) is 0 Å². The van der Waals surface area contributed by atoms with E-state index in [1.54, 1.807) is 18.7 Å². The van der Waals surface area contributed by atoms with E-state index < -0.39 is 11.2 Å². The van der Waals surface area contributed by atoms with Gasteiger partial charge in [0.05, 0.1) is 19.5 Å². The van der Waals surface area contributed by atoms with E-state index in [2.05, 4.69) is 4.98 Å². The van der Waals surface area contributed by atoms with Crippen LogP contribution in [-0.2, 0) is 35.7 Å². The Balaban J connectivity index is 1.75. The number of ether oxygens (including phenoxy) is 1. The van der Waals surface area contributed by atoms with Crippen molar-refractivity contribution >= 4 is 17.1 Å². The molecule has 0 aliphatic heterocycles. The number of carbonyl (C=O) groups is 1. The summed E-state index contributed by atoms with van der Waals surface area (Å²) in [5, 5.41) is 0. The first kappa shape index (κ1) is 23.2. The van der Waals surface area contributed by atoms with E-state index in [4.69, 9.17) is 4.74 Å². The monoisotopic (exact) mass is 461 g/mol. The Morgan fingerprint density at radius 3 is 2.26 bits per heavy atom. The summed E-state index contributed by atoms with van der Waals surface area (Å²) in [5.41, 5.74) is 1.29. The van der Waals surface area contributed by atoms with Crippen LogP contribution in [-0.4, -0.2) is 50.3 Å². The predicted molar refractivity (Wildman–Crippen MR) is 129 cm³/mol. The van der Waals surface area contributed by atoms with Gasteiger partial charge < -0.3 is 14.2 Å². The molecule has 9 nitrogen and oxygen atoms in total. The first-order valence-electron chi connectivity index (χ1n) is 11.0. The topological polar surface area (TPSA) is 91.4 Å². The van der Waals surface area contributed by atoms with Crippen LogP contribution in [0.4, 0.5) is 0 Å². The fourth-order valence-electron chi connectivity index (χ4n) is 3.85. The number of hydrogen-bond donors (Lipinski definition) is 0. The average molecular weight is 462 g/mol. The van der Waals surface area contributed by atoms with E-state index in [9.17, 15) is 14.4 Å². The maximum absolute atomic E-state index is 13.4. The van der Waals surface area contributed by atoms with Crippen LogP contribution in [0.2, 0.25) is 0 Å². The van der Waals surface area contributed by atoms with E-state index in [1.165, 1.54) is 15.8 Å². The second-order valence-corrected chi connectivity index (χ2v) is 8.08. The van der Waals surface area contributed by atoms with Crippen molar-refractivity contribution in [1.82, 2.24) is 23.6 Å². The lowest BCUT2D eigenvalue weighted by Crippen LogP contribution is -2.44. The van der Waals surface area contributed by atoms with Gasteiger partial charge in [-0.2, -0.15) is 0 Å². The van der Waals surface area contributed by atoms with Crippen LogP contribution in [0.25, 0.3) is 11.2 Å². The normalized spacial score (nSPS) is 11.1. The van der Waals surface area contributed by atoms with Gasteiger partial charge in [0.25, 0.3) is 5.56 Å². The minimum Gasteiger partial charge on any atom is -0.383 e. The lowest BCUT2D eigenvalue weighted by atomic mass is 10.2. The van der Waals surface area contributed by atoms with Crippen molar-refractivity contribution < 1.29 is 9.53 Å². The summed E-state index contributed by atoms with van der Waals surface area (Å²) in [4.78, 5) is 45.7. The third-order valence-corrected chi connectivity index (χ3v) is 5.69. The van der Waals surface area contributed by atoms with Crippen LogP contribution in [0.1, 0.15) is 11.1 Å². The Kier molecular flexibility index (Phi) is 7.03. The Hall–Kier alpha value is -3.98. The van der Waals surface area contributed by atoms with Crippen LogP contribution < -0.4 is 11.2 Å². The maximum atomic E-state index is 13.4. The van der Waals surface area contributed by atoms with Gasteiger partial charge in [-0.15, -0.1) is 0 Å². The number of fused-ring (bicyclic) bond motifs is 1. The summed E-state index contributed by atoms with van der Waals surface area (Å²) in [7, 11) is 3.23. The van der Waals surface area contributed by atoms with Crippen molar-refractivity contribution in [3.63, 3.8) is 0 Å². The summed E-state index contributed by atoms with van der Waals surface area (Å²) in [6.07, 6.45) is 1.53. The molecule has 2 aromatic heterocycles. The van der Waals surface area contributed by atoms with E-state index in [0.717, 1.165) is 15.7 Å². The first-order chi connectivity index (χ1) is 16.5. The summed E-state index contributed by atoms with van der Waals surface area (Å²) < 4.78 is 9.26. The quantitative estimate of drug-likeness (QED) is 0.379. The molecular weight excluding hydrogens is 434 g/mol. The van der Waals surface area contributed by atoms with Gasteiger partial charge in [0.1, 0.15) is 6.54 Å². The Morgan fingerprint density at radius 1 is 0.971 bits per heavy atom. The number of benzene rings is 2. The van der Waals surface area contributed by atoms with E-state index in [-0.39, 0.29) is 30.2 Å². The summed E-state index contributed by atoms with van der Waals surface area (Å²) >= 11 is 0. The summed E-state index contributed by atoms with van der Waals surface area (Å²) in [5.74, 6) is -0.336. The summed E-state index contributed by atoms with van der Waals surface area (Å²) in [6.45, 7) is 1.02. The van der Waals surface area contributed by atoms with Crippen molar-refractivity contribution in [1.29, 1.82) is 0 Å². The van der Waals surface area contributed by atoms with Crippen molar-refractivity contribution in [2.45, 2.75) is 26.2 Å². The smallest absolute Gasteiger partial charge is 0.333 e. The molecule has 4 rings (SSSR count). The fraction of sp³-hybridized carbons (Fsp3) is 0.280. The molecule has 0 N–H and O–H groups in total. The number of rotatable bonds is 9. The standard InChI is InChI=1S/C25H27N5O4/c1-27(15-19-9-5-3-6-10-19)21(31)17-30-24(32)22-23(26-18-28(22)13-14-34-2)29(25(30)33)16-20-11-7-4-8-12-20/h3-12,18H,13-17H2,1-2H3. The van der Waals surface area contributed by atoms with Gasteiger partial charge in [0.2, 0.25) is 5.91 Å². The van der Waals surface area contributed by atoms with Gasteiger partial charge >= 0.3 is 5.69 Å². The van der Waals surface area contributed by atoms with E-state index >= 15 is 0 Å². The molecule has 176 valence electrons. The fourth-order valence-corrected chi connectivity index (χ4v) is 3.85. The van der Waals surface area contributed by atoms with Gasteiger partial charge in [0, 0.05) is 27.2 Å². The zero-order valence-corrected chi connectivity index (χ0v) is 19.3. The zero-order chi connectivity index (χ0) is 24.1. The minimum absolute atomic E-state index is 0.228. The number of hydrogen-bond acceptors (Lipinski definition) is 5. The lowest BCUT2D eigenvalue weighted by Gasteiger charge is -2.18. The first-order valence-corrected chi connectivity index (χ1v) is 11.0. The number of methoxy groups -OCH3 is 1. The highest BCUT2D eigenvalue weighted by atomic mass is 16.5. The lowest BCUT2D eigenvalue weighted by molar-refractivity contribution is -0.131. The molecule has 0 saturated heterocycles. The van der Waals surface area contributed by atoms with Crippen LogP contribution in [0.5, 0.6) is 0 Å². The molecule has 0 unspecified atom stereocenters. The number of aromatic nitrogens is 4. The highest BCUT2D eigenvalue weighted by molar-refractivity contribution is 5.76. The number of likely N-dealkylation sites (N-methyl/N-ethyl adjacent to an activating group) is 1. The molecule has 34 heavy (non-hydrogen) atoms. The maximum Gasteiger partial charge on any atom is 0.333 e. The largest absolute Gasteiger partial charge is 0.383 e. The van der Waals surface area contributed by atoms with E-state index in [1.807, 2.05) is 60.7 Å². The Morgan fingerprint density at radius 2 is 1.62 bits per heavy atom. The molecule has 0 aliphatic carbocycles. The highest BCUT2D eigenvalue weighted by Crippen LogP contribution is 2.10. The molecule has 0 spiro atoms. The molecule has 0 saturated carbocycles. The second-order valence-electron chi connectivity index (χ2n) is 8.08. The van der Waals surface area contributed by atoms with Crippen LogP contribution >= 0.6 is 0 Å². The Bertz CT molecular complexity index is 1390. The molecule has 9 heteroatoms. The number of imidazole rings is 1. The van der Waals surface area contributed by atoms with Crippen LogP contribution in [0.15, 0.2) is 76.6 Å². The van der Waals surface area contributed by atoms with Crippen molar-refractivity contribution in [3.05, 3.63) is 99.0 Å². The Labute approximate surface area is 196 Å². The average Bonchev–Trinajstić information content (AvgIpc) is 3.28. The third-order valence-electron chi connectivity index (χ3n) is 5.69. The van der Waals surface area contributed by atoms with Gasteiger partial charge in [-0.3, -0.25) is 14.2 Å². The summed E-state index contributed by atoms with van der Waals surface area (Å²) in [6, 6.07) is 19.0. The molecule has 0 bridgehead atoms. The number of nitrogens with zero attached hydrogens (tertiary/aromatic N) is 5. The van der Waals surface area contributed by atoms with Crippen molar-refractivity contribution in [2.24, 2.45) is 0 Å². The molecule has 0 atom stereocenters. The second kappa shape index (κ2) is 10.3. The highest BCUT2D eigenvalue weighted by Gasteiger charge is 2.21.